The summed E-state index contributed by atoms with van der Waals surface area (Å²) in [6.07, 6.45) is 4.85. The van der Waals surface area contributed by atoms with E-state index >= 15 is 0 Å². The van der Waals surface area contributed by atoms with Crippen LogP contribution in [0.5, 0.6) is 0 Å². The molecule has 0 saturated heterocycles. The van der Waals surface area contributed by atoms with Crippen molar-refractivity contribution in [3.05, 3.63) is 138 Å². The standard InChI is InChI=1S/C22H24NSi.C11H8N.Ir/c1-17-10-12-19(13-11-17)21-15-20(14-18-8-6-5-7-9-18)22(16-23-21)24(2,3)4;1-2-6-10(7-3-1)11-8-4-5-9-12-11;/h5-12,15-16H,14H2,1-4H3;1-6,8-9H;/q2*-1;. The summed E-state index contributed by atoms with van der Waals surface area (Å²) in [7, 11) is -1.44. The third-order valence-corrected chi connectivity index (χ3v) is 8.00. The Hall–Kier alpha value is -3.17. The maximum Gasteiger partial charge on any atom is 0.0799 e. The summed E-state index contributed by atoms with van der Waals surface area (Å²) < 4.78 is 0. The monoisotopic (exact) mass is 677 g/mol. The largest absolute Gasteiger partial charge is 0.305 e. The van der Waals surface area contributed by atoms with Crippen LogP contribution in [0.1, 0.15) is 16.7 Å². The van der Waals surface area contributed by atoms with Crippen molar-refractivity contribution in [1.82, 2.24) is 9.97 Å². The maximum atomic E-state index is 4.75. The number of nitrogens with zero attached hydrogens (tertiary/aromatic N) is 2. The van der Waals surface area contributed by atoms with Crippen molar-refractivity contribution in [2.24, 2.45) is 0 Å². The molecule has 5 rings (SSSR count). The molecule has 0 aliphatic heterocycles. The van der Waals surface area contributed by atoms with Gasteiger partial charge < -0.3 is 9.97 Å². The molecular weight excluding hydrogens is 645 g/mol. The Balaban J connectivity index is 0.000000246. The van der Waals surface area contributed by atoms with Crippen molar-refractivity contribution in [2.45, 2.75) is 33.0 Å². The Morgan fingerprint density at radius 1 is 0.730 bits per heavy atom. The van der Waals surface area contributed by atoms with Gasteiger partial charge in [0.05, 0.1) is 8.07 Å². The Morgan fingerprint density at radius 2 is 1.46 bits per heavy atom. The minimum Gasteiger partial charge on any atom is -0.305 e. The molecule has 5 aromatic rings. The predicted octanol–water partition coefficient (Wildman–Crippen LogP) is 7.54. The van der Waals surface area contributed by atoms with E-state index in [2.05, 4.69) is 98.4 Å². The van der Waals surface area contributed by atoms with Gasteiger partial charge in [-0.3, -0.25) is 0 Å². The quantitative estimate of drug-likeness (QED) is 0.142. The van der Waals surface area contributed by atoms with E-state index in [4.69, 9.17) is 4.98 Å². The zero-order valence-electron chi connectivity index (χ0n) is 21.8. The molecule has 1 radical (unpaired) electrons. The van der Waals surface area contributed by atoms with Crippen molar-refractivity contribution >= 4 is 13.3 Å². The van der Waals surface area contributed by atoms with E-state index in [9.17, 15) is 0 Å². The number of rotatable bonds is 5. The smallest absolute Gasteiger partial charge is 0.0799 e. The van der Waals surface area contributed by atoms with Gasteiger partial charge in [0.15, 0.2) is 0 Å². The molecule has 0 fully saturated rings. The van der Waals surface area contributed by atoms with E-state index in [1.807, 2.05) is 48.5 Å². The molecule has 0 bridgehead atoms. The zero-order valence-corrected chi connectivity index (χ0v) is 25.2. The third kappa shape index (κ3) is 8.16. The average molecular weight is 677 g/mol. The molecule has 0 spiro atoms. The molecule has 2 nitrogen and oxygen atoms in total. The Labute approximate surface area is 236 Å². The van der Waals surface area contributed by atoms with E-state index in [1.54, 1.807) is 6.20 Å². The fraction of sp³-hybridized carbons (Fsp3) is 0.152. The average Bonchev–Trinajstić information content (AvgIpc) is 2.90. The second-order valence-electron chi connectivity index (χ2n) is 9.91. The number of hydrogen-bond acceptors (Lipinski definition) is 2. The van der Waals surface area contributed by atoms with Crippen LogP contribution in [-0.4, -0.2) is 18.0 Å². The molecule has 2 heterocycles. The minimum absolute atomic E-state index is 0. The zero-order chi connectivity index (χ0) is 25.4. The van der Waals surface area contributed by atoms with Gasteiger partial charge >= 0.3 is 0 Å². The Bertz CT molecular complexity index is 1330. The Kier molecular flexibility index (Phi) is 10.3. The second kappa shape index (κ2) is 13.4. The third-order valence-electron chi connectivity index (χ3n) is 5.93. The number of pyridine rings is 2. The Morgan fingerprint density at radius 3 is 2.08 bits per heavy atom. The first kappa shape index (κ1) is 28.4. The molecule has 0 aliphatic carbocycles. The molecule has 37 heavy (non-hydrogen) atoms. The summed E-state index contributed by atoms with van der Waals surface area (Å²) in [6, 6.07) is 39.4. The van der Waals surface area contributed by atoms with Crippen LogP contribution in [0, 0.1) is 19.1 Å². The van der Waals surface area contributed by atoms with Crippen LogP contribution in [-0.2, 0) is 26.5 Å². The topological polar surface area (TPSA) is 25.8 Å². The van der Waals surface area contributed by atoms with Gasteiger partial charge in [0.1, 0.15) is 0 Å². The van der Waals surface area contributed by atoms with Gasteiger partial charge in [0, 0.05) is 32.5 Å². The molecule has 0 N–H and O–H groups in total. The van der Waals surface area contributed by atoms with Gasteiger partial charge in [0.2, 0.25) is 0 Å². The van der Waals surface area contributed by atoms with Crippen LogP contribution in [0.4, 0.5) is 0 Å². The summed E-state index contributed by atoms with van der Waals surface area (Å²) in [5.41, 5.74) is 8.07. The van der Waals surface area contributed by atoms with Crippen LogP contribution in [0.3, 0.4) is 0 Å². The van der Waals surface area contributed by atoms with E-state index in [1.165, 1.54) is 21.9 Å². The van der Waals surface area contributed by atoms with Crippen molar-refractivity contribution in [3.8, 4) is 22.5 Å². The molecule has 0 aliphatic rings. The van der Waals surface area contributed by atoms with Crippen molar-refractivity contribution in [1.29, 1.82) is 0 Å². The fourth-order valence-electron chi connectivity index (χ4n) is 4.02. The molecule has 0 amide bonds. The van der Waals surface area contributed by atoms with Crippen molar-refractivity contribution in [3.63, 3.8) is 0 Å². The van der Waals surface area contributed by atoms with Gasteiger partial charge in [-0.1, -0.05) is 80.7 Å². The van der Waals surface area contributed by atoms with Crippen molar-refractivity contribution in [2.75, 3.05) is 0 Å². The van der Waals surface area contributed by atoms with E-state index in [-0.39, 0.29) is 20.1 Å². The molecule has 189 valence electrons. The first-order valence-electron chi connectivity index (χ1n) is 12.3. The first-order valence-corrected chi connectivity index (χ1v) is 15.8. The molecule has 0 saturated carbocycles. The van der Waals surface area contributed by atoms with Gasteiger partial charge in [-0.15, -0.1) is 71.3 Å². The second-order valence-corrected chi connectivity index (χ2v) is 14.9. The van der Waals surface area contributed by atoms with Gasteiger partial charge in [-0.2, -0.15) is 0 Å². The normalized spacial score (nSPS) is 10.6. The van der Waals surface area contributed by atoms with Crippen LogP contribution in [0.25, 0.3) is 22.5 Å². The summed E-state index contributed by atoms with van der Waals surface area (Å²) in [5.74, 6) is 0. The fourth-order valence-corrected chi connectivity index (χ4v) is 5.59. The summed E-state index contributed by atoms with van der Waals surface area (Å²) in [4.78, 5) is 8.97. The maximum absolute atomic E-state index is 4.75. The number of aromatic nitrogens is 2. The van der Waals surface area contributed by atoms with E-state index in [0.717, 1.165) is 28.9 Å². The first-order chi connectivity index (χ1) is 17.4. The van der Waals surface area contributed by atoms with Gasteiger partial charge in [-0.25, -0.2) is 0 Å². The summed E-state index contributed by atoms with van der Waals surface area (Å²) in [6.45, 7) is 9.24. The SMILES string of the molecule is Cc1c[c-]c(-c2cc(Cc3ccccc3)c([Si](C)(C)C)cn2)cc1.[Ir].[c-]1ccccc1-c1ccccn1. The van der Waals surface area contributed by atoms with Crippen LogP contribution in [0.15, 0.2) is 109 Å². The van der Waals surface area contributed by atoms with Gasteiger partial charge in [-0.05, 0) is 34.6 Å². The van der Waals surface area contributed by atoms with E-state index < -0.39 is 8.07 Å². The molecule has 3 aromatic carbocycles. The molecular formula is C33H32IrN2Si-2. The minimum atomic E-state index is -1.44. The molecule has 2 aromatic heterocycles. The van der Waals surface area contributed by atoms with Gasteiger partial charge in [0.25, 0.3) is 0 Å². The molecule has 4 heteroatoms. The summed E-state index contributed by atoms with van der Waals surface area (Å²) >= 11 is 0. The molecule has 0 unspecified atom stereocenters. The number of benzene rings is 3. The van der Waals surface area contributed by atoms with E-state index in [0.29, 0.717) is 0 Å². The van der Waals surface area contributed by atoms with Crippen LogP contribution in [0.2, 0.25) is 19.6 Å². The van der Waals surface area contributed by atoms with Crippen LogP contribution < -0.4 is 5.19 Å². The predicted molar refractivity (Wildman–Crippen MR) is 154 cm³/mol. The number of aryl methyl sites for hydroxylation is 1. The number of hydrogen-bond donors (Lipinski definition) is 0. The van der Waals surface area contributed by atoms with Crippen molar-refractivity contribution < 1.29 is 20.1 Å². The summed E-state index contributed by atoms with van der Waals surface area (Å²) in [5, 5.41) is 1.45. The van der Waals surface area contributed by atoms with Crippen LogP contribution >= 0.6 is 0 Å². The molecule has 0 atom stereocenters.